The van der Waals surface area contributed by atoms with Crippen molar-refractivity contribution in [3.63, 3.8) is 0 Å². The second kappa shape index (κ2) is 5.85. The molecule has 0 unspecified atom stereocenters. The van der Waals surface area contributed by atoms with Gasteiger partial charge in [-0.05, 0) is 24.3 Å². The standard InChI is InChI=1S/C11H18N4O/c1-15(2)10-5-3-9(4-6-10)13-8-7-11(12)14-16/h3-6,13,16H,7-8H2,1-2H3,(H2,12,14). The third kappa shape index (κ3) is 3.68. The van der Waals surface area contributed by atoms with Crippen LogP contribution in [0.15, 0.2) is 29.4 Å². The fourth-order valence-corrected chi connectivity index (χ4v) is 1.26. The quantitative estimate of drug-likeness (QED) is 0.304. The minimum Gasteiger partial charge on any atom is -0.409 e. The Balaban J connectivity index is 2.43. The summed E-state index contributed by atoms with van der Waals surface area (Å²) in [7, 11) is 4.00. The van der Waals surface area contributed by atoms with Crippen LogP contribution in [0.25, 0.3) is 0 Å². The van der Waals surface area contributed by atoms with E-state index in [0.717, 1.165) is 11.4 Å². The van der Waals surface area contributed by atoms with Gasteiger partial charge in [0, 0.05) is 38.4 Å². The normalized spacial score (nSPS) is 11.2. The summed E-state index contributed by atoms with van der Waals surface area (Å²) >= 11 is 0. The Labute approximate surface area is 95.5 Å². The Morgan fingerprint density at radius 3 is 2.50 bits per heavy atom. The molecule has 1 aromatic carbocycles. The summed E-state index contributed by atoms with van der Waals surface area (Å²) in [6.07, 6.45) is 0.520. The van der Waals surface area contributed by atoms with Gasteiger partial charge in [-0.15, -0.1) is 0 Å². The number of rotatable bonds is 5. The Morgan fingerprint density at radius 2 is 2.00 bits per heavy atom. The fourth-order valence-electron chi connectivity index (χ4n) is 1.26. The van der Waals surface area contributed by atoms with Crippen molar-refractivity contribution in [1.29, 1.82) is 0 Å². The molecule has 0 bridgehead atoms. The third-order valence-electron chi connectivity index (χ3n) is 2.22. The highest BCUT2D eigenvalue weighted by atomic mass is 16.4. The number of nitrogens with one attached hydrogen (secondary N) is 1. The van der Waals surface area contributed by atoms with Gasteiger partial charge >= 0.3 is 0 Å². The monoisotopic (exact) mass is 222 g/mol. The summed E-state index contributed by atoms with van der Waals surface area (Å²) in [5.41, 5.74) is 7.53. The number of oxime groups is 1. The predicted molar refractivity (Wildman–Crippen MR) is 67.3 cm³/mol. The molecule has 16 heavy (non-hydrogen) atoms. The van der Waals surface area contributed by atoms with E-state index in [-0.39, 0.29) is 5.84 Å². The Bertz CT molecular complexity index is 346. The molecule has 0 atom stereocenters. The second-order valence-electron chi connectivity index (χ2n) is 3.71. The van der Waals surface area contributed by atoms with E-state index in [0.29, 0.717) is 13.0 Å². The fraction of sp³-hybridized carbons (Fsp3) is 0.364. The summed E-state index contributed by atoms with van der Waals surface area (Å²) in [5, 5.41) is 14.4. The number of benzene rings is 1. The van der Waals surface area contributed by atoms with Crippen molar-refractivity contribution in [2.24, 2.45) is 10.9 Å². The van der Waals surface area contributed by atoms with Gasteiger partial charge in [0.15, 0.2) is 0 Å². The Kier molecular flexibility index (Phi) is 4.44. The van der Waals surface area contributed by atoms with Gasteiger partial charge < -0.3 is 21.2 Å². The minimum atomic E-state index is 0.234. The number of hydrogen-bond acceptors (Lipinski definition) is 4. The molecule has 5 heteroatoms. The maximum Gasteiger partial charge on any atom is 0.140 e. The number of amidine groups is 1. The molecule has 0 radical (unpaired) electrons. The molecule has 0 aliphatic heterocycles. The summed E-state index contributed by atoms with van der Waals surface area (Å²) in [4.78, 5) is 2.04. The average Bonchev–Trinajstić information content (AvgIpc) is 2.29. The predicted octanol–water partition coefficient (Wildman–Crippen LogP) is 1.30. The van der Waals surface area contributed by atoms with Gasteiger partial charge in [0.1, 0.15) is 5.84 Å². The SMILES string of the molecule is CN(C)c1ccc(NCCC(N)=NO)cc1. The van der Waals surface area contributed by atoms with Crippen LogP contribution in [0, 0.1) is 0 Å². The van der Waals surface area contributed by atoms with Crippen molar-refractivity contribution in [3.05, 3.63) is 24.3 Å². The number of hydrogen-bond donors (Lipinski definition) is 3. The molecule has 0 saturated heterocycles. The van der Waals surface area contributed by atoms with Gasteiger partial charge in [-0.25, -0.2) is 0 Å². The minimum absolute atomic E-state index is 0.234. The number of nitrogens with zero attached hydrogens (tertiary/aromatic N) is 2. The van der Waals surface area contributed by atoms with Crippen LogP contribution in [-0.4, -0.2) is 31.7 Å². The lowest BCUT2D eigenvalue weighted by molar-refractivity contribution is 0.317. The van der Waals surface area contributed by atoms with Crippen LogP contribution in [0.2, 0.25) is 0 Å². The highest BCUT2D eigenvalue weighted by Crippen LogP contribution is 2.15. The lowest BCUT2D eigenvalue weighted by Crippen LogP contribution is -2.16. The molecule has 0 aromatic heterocycles. The van der Waals surface area contributed by atoms with E-state index >= 15 is 0 Å². The van der Waals surface area contributed by atoms with Crippen LogP contribution in [0.3, 0.4) is 0 Å². The van der Waals surface area contributed by atoms with Gasteiger partial charge in [-0.1, -0.05) is 5.16 Å². The van der Waals surface area contributed by atoms with Crippen molar-refractivity contribution in [2.45, 2.75) is 6.42 Å². The topological polar surface area (TPSA) is 73.9 Å². The molecule has 0 amide bonds. The van der Waals surface area contributed by atoms with E-state index in [9.17, 15) is 0 Å². The molecule has 5 nitrogen and oxygen atoms in total. The molecule has 0 spiro atoms. The van der Waals surface area contributed by atoms with Gasteiger partial charge in [0.25, 0.3) is 0 Å². The molecular weight excluding hydrogens is 204 g/mol. The van der Waals surface area contributed by atoms with Crippen molar-refractivity contribution >= 4 is 17.2 Å². The first-order chi connectivity index (χ1) is 7.63. The molecule has 1 rings (SSSR count). The van der Waals surface area contributed by atoms with E-state index in [2.05, 4.69) is 10.5 Å². The maximum absolute atomic E-state index is 8.36. The molecule has 1 aromatic rings. The van der Waals surface area contributed by atoms with Crippen molar-refractivity contribution in [1.82, 2.24) is 0 Å². The summed E-state index contributed by atoms with van der Waals surface area (Å²) in [6, 6.07) is 8.07. The Hall–Kier alpha value is -1.91. The molecule has 88 valence electrons. The van der Waals surface area contributed by atoms with E-state index < -0.39 is 0 Å². The van der Waals surface area contributed by atoms with Crippen LogP contribution in [0.5, 0.6) is 0 Å². The van der Waals surface area contributed by atoms with Gasteiger partial charge in [-0.3, -0.25) is 0 Å². The molecule has 0 saturated carbocycles. The molecule has 0 aliphatic rings. The van der Waals surface area contributed by atoms with Crippen LogP contribution < -0.4 is 16.0 Å². The van der Waals surface area contributed by atoms with Crippen molar-refractivity contribution in [2.75, 3.05) is 30.9 Å². The van der Waals surface area contributed by atoms with Gasteiger partial charge in [0.2, 0.25) is 0 Å². The summed E-state index contributed by atoms with van der Waals surface area (Å²) in [5.74, 6) is 0.234. The zero-order chi connectivity index (χ0) is 12.0. The highest BCUT2D eigenvalue weighted by Gasteiger charge is 1.96. The zero-order valence-corrected chi connectivity index (χ0v) is 9.64. The lowest BCUT2D eigenvalue weighted by atomic mass is 10.2. The smallest absolute Gasteiger partial charge is 0.140 e. The summed E-state index contributed by atoms with van der Waals surface area (Å²) < 4.78 is 0. The van der Waals surface area contributed by atoms with E-state index in [4.69, 9.17) is 10.9 Å². The first kappa shape index (κ1) is 12.2. The van der Waals surface area contributed by atoms with Crippen LogP contribution in [-0.2, 0) is 0 Å². The maximum atomic E-state index is 8.36. The second-order valence-corrected chi connectivity index (χ2v) is 3.71. The van der Waals surface area contributed by atoms with Crippen molar-refractivity contribution in [3.8, 4) is 0 Å². The van der Waals surface area contributed by atoms with Crippen LogP contribution >= 0.6 is 0 Å². The average molecular weight is 222 g/mol. The molecule has 4 N–H and O–H groups in total. The molecular formula is C11H18N4O. The van der Waals surface area contributed by atoms with Crippen molar-refractivity contribution < 1.29 is 5.21 Å². The number of nitrogens with two attached hydrogens (primary N) is 1. The number of anilines is 2. The zero-order valence-electron chi connectivity index (χ0n) is 9.64. The van der Waals surface area contributed by atoms with Crippen LogP contribution in [0.4, 0.5) is 11.4 Å². The molecule has 0 heterocycles. The molecule has 0 aliphatic carbocycles. The Morgan fingerprint density at radius 1 is 1.38 bits per heavy atom. The van der Waals surface area contributed by atoms with E-state index in [1.165, 1.54) is 0 Å². The third-order valence-corrected chi connectivity index (χ3v) is 2.22. The largest absolute Gasteiger partial charge is 0.409 e. The van der Waals surface area contributed by atoms with Crippen LogP contribution in [0.1, 0.15) is 6.42 Å². The highest BCUT2D eigenvalue weighted by molar-refractivity contribution is 5.80. The first-order valence-electron chi connectivity index (χ1n) is 5.11. The van der Waals surface area contributed by atoms with E-state index in [1.807, 2.05) is 43.3 Å². The summed E-state index contributed by atoms with van der Waals surface area (Å²) in [6.45, 7) is 0.650. The van der Waals surface area contributed by atoms with Gasteiger partial charge in [0.05, 0.1) is 0 Å². The lowest BCUT2D eigenvalue weighted by Gasteiger charge is -2.13. The van der Waals surface area contributed by atoms with Gasteiger partial charge in [-0.2, -0.15) is 0 Å². The first-order valence-corrected chi connectivity index (χ1v) is 5.11. The van der Waals surface area contributed by atoms with E-state index in [1.54, 1.807) is 0 Å². The molecule has 0 fully saturated rings.